The van der Waals surface area contributed by atoms with E-state index in [2.05, 4.69) is 0 Å². The van der Waals surface area contributed by atoms with Gasteiger partial charge in [0, 0.05) is 31.6 Å². The molecule has 0 aromatic carbocycles. The summed E-state index contributed by atoms with van der Waals surface area (Å²) in [7, 11) is -3.31. The van der Waals surface area contributed by atoms with Crippen LogP contribution < -0.4 is 0 Å². The van der Waals surface area contributed by atoms with E-state index in [9.17, 15) is 8.42 Å². The SMILES string of the molecule is O=S(=O)(N1CCCCCC1)N1CCCCCC1CCl. The first kappa shape index (κ1) is 15.5. The van der Waals surface area contributed by atoms with Gasteiger partial charge in [0.25, 0.3) is 10.2 Å². The van der Waals surface area contributed by atoms with Crippen molar-refractivity contribution in [3.63, 3.8) is 0 Å². The van der Waals surface area contributed by atoms with Crippen LogP contribution in [0.4, 0.5) is 0 Å². The monoisotopic (exact) mass is 308 g/mol. The molecule has 2 rings (SSSR count). The molecule has 1 unspecified atom stereocenters. The highest BCUT2D eigenvalue weighted by Crippen LogP contribution is 2.24. The summed E-state index contributed by atoms with van der Waals surface area (Å²) in [6.45, 7) is 1.98. The minimum Gasteiger partial charge on any atom is -0.195 e. The Morgan fingerprint density at radius 2 is 1.47 bits per heavy atom. The van der Waals surface area contributed by atoms with Crippen LogP contribution in [0.15, 0.2) is 0 Å². The molecule has 0 aromatic rings. The summed E-state index contributed by atoms with van der Waals surface area (Å²) in [6.07, 6.45) is 8.31. The third-order valence-electron chi connectivity index (χ3n) is 4.19. The van der Waals surface area contributed by atoms with Crippen molar-refractivity contribution in [1.29, 1.82) is 0 Å². The van der Waals surface area contributed by atoms with Gasteiger partial charge in [-0.1, -0.05) is 25.7 Å². The van der Waals surface area contributed by atoms with Crippen LogP contribution in [0.5, 0.6) is 0 Å². The van der Waals surface area contributed by atoms with Crippen LogP contribution in [0.1, 0.15) is 51.4 Å². The molecule has 0 spiro atoms. The molecule has 0 saturated carbocycles. The van der Waals surface area contributed by atoms with Crippen LogP contribution >= 0.6 is 11.6 Å². The molecule has 0 aromatic heterocycles. The maximum absolute atomic E-state index is 12.8. The Hall–Kier alpha value is 0.160. The lowest BCUT2D eigenvalue weighted by Crippen LogP contribution is -2.49. The molecule has 2 saturated heterocycles. The fourth-order valence-electron chi connectivity index (χ4n) is 3.03. The predicted molar refractivity (Wildman–Crippen MR) is 78.6 cm³/mol. The van der Waals surface area contributed by atoms with Gasteiger partial charge in [-0.05, 0) is 25.7 Å². The molecule has 2 aliphatic heterocycles. The number of hydrogen-bond acceptors (Lipinski definition) is 2. The van der Waals surface area contributed by atoms with E-state index in [1.54, 1.807) is 8.61 Å². The van der Waals surface area contributed by atoms with Crippen molar-refractivity contribution < 1.29 is 8.42 Å². The number of nitrogens with zero attached hydrogens (tertiary/aromatic N) is 2. The fourth-order valence-corrected chi connectivity index (χ4v) is 5.37. The van der Waals surface area contributed by atoms with E-state index in [-0.39, 0.29) is 6.04 Å². The second kappa shape index (κ2) is 7.25. The smallest absolute Gasteiger partial charge is 0.195 e. The van der Waals surface area contributed by atoms with Crippen LogP contribution in [-0.4, -0.2) is 48.6 Å². The zero-order chi connectivity index (χ0) is 13.7. The summed E-state index contributed by atoms with van der Waals surface area (Å²) >= 11 is 6.00. The molecule has 6 heteroatoms. The highest BCUT2D eigenvalue weighted by molar-refractivity contribution is 7.86. The molecule has 2 aliphatic rings. The van der Waals surface area contributed by atoms with Crippen molar-refractivity contribution in [3.8, 4) is 0 Å². The van der Waals surface area contributed by atoms with E-state index in [1.807, 2.05) is 0 Å². The van der Waals surface area contributed by atoms with E-state index < -0.39 is 10.2 Å². The maximum Gasteiger partial charge on any atom is 0.282 e. The summed E-state index contributed by atoms with van der Waals surface area (Å²) in [5.41, 5.74) is 0. The van der Waals surface area contributed by atoms with Gasteiger partial charge in [0.15, 0.2) is 0 Å². The molecule has 0 radical (unpaired) electrons. The molecule has 0 amide bonds. The maximum atomic E-state index is 12.8. The minimum absolute atomic E-state index is 0.0163. The lowest BCUT2D eigenvalue weighted by Gasteiger charge is -2.32. The summed E-state index contributed by atoms with van der Waals surface area (Å²) < 4.78 is 29.0. The zero-order valence-corrected chi connectivity index (χ0v) is 13.1. The van der Waals surface area contributed by atoms with E-state index in [4.69, 9.17) is 11.6 Å². The zero-order valence-electron chi connectivity index (χ0n) is 11.6. The Morgan fingerprint density at radius 1 is 0.895 bits per heavy atom. The molecule has 19 heavy (non-hydrogen) atoms. The molecule has 0 N–H and O–H groups in total. The van der Waals surface area contributed by atoms with Gasteiger partial charge in [0.05, 0.1) is 0 Å². The van der Waals surface area contributed by atoms with E-state index in [1.165, 1.54) is 0 Å². The van der Waals surface area contributed by atoms with Crippen molar-refractivity contribution in [2.75, 3.05) is 25.5 Å². The lowest BCUT2D eigenvalue weighted by atomic mass is 10.1. The number of hydrogen-bond donors (Lipinski definition) is 0. The van der Waals surface area contributed by atoms with Crippen LogP contribution in [0.25, 0.3) is 0 Å². The molecule has 1 atom stereocenters. The van der Waals surface area contributed by atoms with Crippen molar-refractivity contribution in [1.82, 2.24) is 8.61 Å². The first-order chi connectivity index (χ1) is 9.16. The highest BCUT2D eigenvalue weighted by Gasteiger charge is 2.35. The normalized spacial score (nSPS) is 28.8. The van der Waals surface area contributed by atoms with Crippen LogP contribution in [0.2, 0.25) is 0 Å². The van der Waals surface area contributed by atoms with Gasteiger partial charge in [-0.25, -0.2) is 0 Å². The third-order valence-corrected chi connectivity index (χ3v) is 6.64. The Morgan fingerprint density at radius 3 is 2.11 bits per heavy atom. The van der Waals surface area contributed by atoms with Crippen molar-refractivity contribution >= 4 is 21.8 Å². The lowest BCUT2D eigenvalue weighted by molar-refractivity contribution is 0.300. The third kappa shape index (κ3) is 3.84. The summed E-state index contributed by atoms with van der Waals surface area (Å²) in [4.78, 5) is 0. The van der Waals surface area contributed by atoms with Crippen molar-refractivity contribution in [2.24, 2.45) is 0 Å². The molecule has 0 bridgehead atoms. The van der Waals surface area contributed by atoms with E-state index >= 15 is 0 Å². The molecule has 0 aliphatic carbocycles. The molecule has 2 heterocycles. The highest BCUT2D eigenvalue weighted by atomic mass is 35.5. The largest absolute Gasteiger partial charge is 0.282 e. The van der Waals surface area contributed by atoms with Crippen LogP contribution in [0, 0.1) is 0 Å². The number of alkyl halides is 1. The molecule has 2 fully saturated rings. The van der Waals surface area contributed by atoms with Gasteiger partial charge >= 0.3 is 0 Å². The Balaban J connectivity index is 2.14. The standard InChI is InChI=1S/C13H25ClN2O2S/c14-12-13-8-4-3-7-11-16(13)19(17,18)15-9-5-1-2-6-10-15/h13H,1-12H2. The van der Waals surface area contributed by atoms with Gasteiger partial charge in [-0.15, -0.1) is 11.6 Å². The molecule has 4 nitrogen and oxygen atoms in total. The second-order valence-electron chi connectivity index (χ2n) is 5.59. The summed E-state index contributed by atoms with van der Waals surface area (Å²) in [5, 5.41) is 0. The Kier molecular flexibility index (Phi) is 5.93. The van der Waals surface area contributed by atoms with E-state index in [0.717, 1.165) is 51.4 Å². The topological polar surface area (TPSA) is 40.6 Å². The Labute approximate surface area is 122 Å². The van der Waals surface area contributed by atoms with Gasteiger partial charge < -0.3 is 0 Å². The van der Waals surface area contributed by atoms with Crippen LogP contribution in [0.3, 0.4) is 0 Å². The second-order valence-corrected chi connectivity index (χ2v) is 7.78. The average molecular weight is 309 g/mol. The van der Waals surface area contributed by atoms with E-state index in [0.29, 0.717) is 25.5 Å². The molecule has 112 valence electrons. The van der Waals surface area contributed by atoms with Crippen molar-refractivity contribution in [2.45, 2.75) is 57.4 Å². The van der Waals surface area contributed by atoms with Crippen molar-refractivity contribution in [3.05, 3.63) is 0 Å². The van der Waals surface area contributed by atoms with Gasteiger partial charge in [-0.3, -0.25) is 0 Å². The summed E-state index contributed by atoms with van der Waals surface area (Å²) in [6, 6.07) is -0.0163. The summed E-state index contributed by atoms with van der Waals surface area (Å²) in [5.74, 6) is 0.410. The van der Waals surface area contributed by atoms with Gasteiger partial charge in [0.1, 0.15) is 0 Å². The minimum atomic E-state index is -3.31. The van der Waals surface area contributed by atoms with Gasteiger partial charge in [0.2, 0.25) is 0 Å². The first-order valence-electron chi connectivity index (χ1n) is 7.49. The van der Waals surface area contributed by atoms with Gasteiger partial charge in [-0.2, -0.15) is 17.0 Å². The molecular weight excluding hydrogens is 284 g/mol. The average Bonchev–Trinajstić information content (AvgIpc) is 2.81. The number of rotatable bonds is 3. The molecular formula is C13H25ClN2O2S. The van der Waals surface area contributed by atoms with Crippen LogP contribution in [-0.2, 0) is 10.2 Å². The predicted octanol–water partition coefficient (Wildman–Crippen LogP) is 2.59. The quantitative estimate of drug-likeness (QED) is 0.752. The first-order valence-corrected chi connectivity index (χ1v) is 9.42. The Bertz CT molecular complexity index is 367. The number of halogens is 1. The fraction of sp³-hybridized carbons (Fsp3) is 1.00.